The maximum Gasteiger partial charge on any atom is 0.0717 e. The maximum absolute atomic E-state index is 6.42. The van der Waals surface area contributed by atoms with Gasteiger partial charge >= 0.3 is 0 Å². The molecular weight excluding hydrogens is 278 g/mol. The molecule has 1 nitrogen and oxygen atoms in total. The smallest absolute Gasteiger partial charge is 0.0717 e. The van der Waals surface area contributed by atoms with Crippen LogP contribution < -0.4 is 0 Å². The van der Waals surface area contributed by atoms with Crippen LogP contribution in [0, 0.1) is 0 Å². The average Bonchev–Trinajstić information content (AvgIpc) is 2.55. The fraction of sp³-hybridized carbons (Fsp3) is 0. The van der Waals surface area contributed by atoms with Crippen LogP contribution in [-0.4, -0.2) is 4.98 Å². The van der Waals surface area contributed by atoms with Gasteiger partial charge in [0.05, 0.1) is 10.5 Å². The van der Waals surface area contributed by atoms with Crippen LogP contribution in [0.1, 0.15) is 11.1 Å². The normalized spacial score (nSPS) is 11.7. The van der Waals surface area contributed by atoms with Gasteiger partial charge in [-0.15, -0.1) is 0 Å². The van der Waals surface area contributed by atoms with Gasteiger partial charge in [-0.05, 0) is 11.6 Å². The first-order valence-corrected chi connectivity index (χ1v) is 7.15. The van der Waals surface area contributed by atoms with Gasteiger partial charge in [0.25, 0.3) is 0 Å². The molecular formula is C19H14ClN. The molecule has 102 valence electrons. The molecule has 0 saturated heterocycles. The number of para-hydroxylation sites is 1. The number of halogens is 1. The van der Waals surface area contributed by atoms with E-state index in [9.17, 15) is 0 Å². The summed E-state index contributed by atoms with van der Waals surface area (Å²) >= 11 is 6.42. The third-order valence-electron chi connectivity index (χ3n) is 3.21. The Balaban J connectivity index is 1.83. The van der Waals surface area contributed by atoms with Gasteiger partial charge < -0.3 is 0 Å². The molecule has 0 N–H and O–H groups in total. The van der Waals surface area contributed by atoms with Crippen LogP contribution in [0.5, 0.6) is 0 Å². The van der Waals surface area contributed by atoms with E-state index in [4.69, 9.17) is 11.6 Å². The second kappa shape index (κ2) is 6.38. The van der Waals surface area contributed by atoms with Gasteiger partial charge in [0.15, 0.2) is 0 Å². The second-order valence-corrected chi connectivity index (χ2v) is 5.05. The molecule has 1 aromatic heterocycles. The van der Waals surface area contributed by atoms with Gasteiger partial charge in [-0.25, -0.2) is 0 Å². The minimum atomic E-state index is 0.741. The standard InChI is InChI=1S/C19H14ClN/c20-19-16(14-21-18-13-7-6-12-17(18)19)11-5-4-10-15-8-2-1-3-9-15/h1-14H/b10-4+,11-5-. The molecule has 0 unspecified atom stereocenters. The molecule has 3 rings (SSSR count). The van der Waals surface area contributed by atoms with Crippen LogP contribution in [0.2, 0.25) is 5.02 Å². The summed E-state index contributed by atoms with van der Waals surface area (Å²) in [5, 5.41) is 1.72. The highest BCUT2D eigenvalue weighted by Gasteiger charge is 2.02. The highest BCUT2D eigenvalue weighted by Crippen LogP contribution is 2.26. The van der Waals surface area contributed by atoms with Crippen LogP contribution in [0.4, 0.5) is 0 Å². The zero-order valence-electron chi connectivity index (χ0n) is 11.4. The Hall–Kier alpha value is -2.38. The second-order valence-electron chi connectivity index (χ2n) is 4.67. The molecule has 3 aromatic rings. The Morgan fingerprint density at radius 3 is 2.38 bits per heavy atom. The lowest BCUT2D eigenvalue weighted by Crippen LogP contribution is -1.83. The predicted molar refractivity (Wildman–Crippen MR) is 91.3 cm³/mol. The summed E-state index contributed by atoms with van der Waals surface area (Å²) in [4.78, 5) is 4.42. The SMILES string of the molecule is Clc1c(/C=C\C=C\c2ccccc2)cnc2ccccc12. The lowest BCUT2D eigenvalue weighted by molar-refractivity contribution is 1.40. The van der Waals surface area contributed by atoms with E-state index in [1.807, 2.05) is 60.7 Å². The summed E-state index contributed by atoms with van der Waals surface area (Å²) < 4.78 is 0. The highest BCUT2D eigenvalue weighted by atomic mass is 35.5. The first-order chi connectivity index (χ1) is 10.3. The number of pyridine rings is 1. The third kappa shape index (κ3) is 3.21. The minimum Gasteiger partial charge on any atom is -0.256 e. The molecule has 2 aromatic carbocycles. The molecule has 2 heteroatoms. The van der Waals surface area contributed by atoms with Gasteiger partial charge in [-0.2, -0.15) is 0 Å². The van der Waals surface area contributed by atoms with Gasteiger partial charge in [0.1, 0.15) is 0 Å². The first kappa shape index (κ1) is 13.6. The van der Waals surface area contributed by atoms with E-state index < -0.39 is 0 Å². The highest BCUT2D eigenvalue weighted by molar-refractivity contribution is 6.36. The molecule has 0 amide bonds. The van der Waals surface area contributed by atoms with Crippen molar-refractivity contribution >= 4 is 34.7 Å². The summed E-state index contributed by atoms with van der Waals surface area (Å²) in [6.45, 7) is 0. The maximum atomic E-state index is 6.42. The summed E-state index contributed by atoms with van der Waals surface area (Å²) in [6, 6.07) is 18.1. The van der Waals surface area contributed by atoms with Crippen molar-refractivity contribution in [3.8, 4) is 0 Å². The third-order valence-corrected chi connectivity index (χ3v) is 3.63. The van der Waals surface area contributed by atoms with Crippen molar-refractivity contribution < 1.29 is 0 Å². The Kier molecular flexibility index (Phi) is 4.13. The van der Waals surface area contributed by atoms with E-state index in [0.717, 1.165) is 21.5 Å². The largest absolute Gasteiger partial charge is 0.256 e. The Morgan fingerprint density at radius 1 is 0.810 bits per heavy atom. The molecule has 21 heavy (non-hydrogen) atoms. The van der Waals surface area contributed by atoms with E-state index in [0.29, 0.717) is 0 Å². The van der Waals surface area contributed by atoms with Crippen molar-refractivity contribution in [1.29, 1.82) is 0 Å². The van der Waals surface area contributed by atoms with Gasteiger partial charge in [-0.1, -0.05) is 84.4 Å². The average molecular weight is 292 g/mol. The van der Waals surface area contributed by atoms with E-state index in [1.165, 1.54) is 5.56 Å². The molecule has 0 atom stereocenters. The first-order valence-electron chi connectivity index (χ1n) is 6.77. The summed E-state index contributed by atoms with van der Waals surface area (Å²) in [6.07, 6.45) is 9.81. The van der Waals surface area contributed by atoms with Gasteiger partial charge in [0.2, 0.25) is 0 Å². The summed E-state index contributed by atoms with van der Waals surface area (Å²) in [7, 11) is 0. The van der Waals surface area contributed by atoms with Crippen molar-refractivity contribution in [1.82, 2.24) is 4.98 Å². The van der Waals surface area contributed by atoms with Crippen LogP contribution in [0.3, 0.4) is 0 Å². The molecule has 0 aliphatic heterocycles. The fourth-order valence-electron chi connectivity index (χ4n) is 2.13. The van der Waals surface area contributed by atoms with E-state index in [-0.39, 0.29) is 0 Å². The molecule has 0 saturated carbocycles. The molecule has 0 bridgehead atoms. The zero-order valence-corrected chi connectivity index (χ0v) is 12.2. The van der Waals surface area contributed by atoms with E-state index in [1.54, 1.807) is 6.20 Å². The Morgan fingerprint density at radius 2 is 1.52 bits per heavy atom. The quantitative estimate of drug-likeness (QED) is 0.571. The zero-order chi connectivity index (χ0) is 14.5. The van der Waals surface area contributed by atoms with E-state index >= 15 is 0 Å². The molecule has 0 aliphatic carbocycles. The Bertz CT molecular complexity index is 804. The van der Waals surface area contributed by atoms with Gasteiger partial charge in [-0.3, -0.25) is 4.98 Å². The van der Waals surface area contributed by atoms with Crippen LogP contribution in [0.15, 0.2) is 72.9 Å². The van der Waals surface area contributed by atoms with Crippen molar-refractivity contribution in [3.63, 3.8) is 0 Å². The van der Waals surface area contributed by atoms with E-state index in [2.05, 4.69) is 23.2 Å². The van der Waals surface area contributed by atoms with Gasteiger partial charge in [0, 0.05) is 17.1 Å². The lowest BCUT2D eigenvalue weighted by Gasteiger charge is -2.02. The van der Waals surface area contributed by atoms with Crippen molar-refractivity contribution in [2.45, 2.75) is 0 Å². The fourth-order valence-corrected chi connectivity index (χ4v) is 2.40. The van der Waals surface area contributed by atoms with Crippen LogP contribution in [0.25, 0.3) is 23.1 Å². The number of hydrogen-bond donors (Lipinski definition) is 0. The van der Waals surface area contributed by atoms with Crippen LogP contribution >= 0.6 is 11.6 Å². The lowest BCUT2D eigenvalue weighted by atomic mass is 10.1. The molecule has 0 fully saturated rings. The van der Waals surface area contributed by atoms with Crippen molar-refractivity contribution in [2.75, 3.05) is 0 Å². The number of benzene rings is 2. The topological polar surface area (TPSA) is 12.9 Å². The molecule has 0 spiro atoms. The van der Waals surface area contributed by atoms with Crippen LogP contribution in [-0.2, 0) is 0 Å². The molecule has 0 aliphatic rings. The minimum absolute atomic E-state index is 0.741. The number of rotatable bonds is 3. The number of fused-ring (bicyclic) bond motifs is 1. The summed E-state index contributed by atoms with van der Waals surface area (Å²) in [5.41, 5.74) is 3.01. The number of nitrogens with zero attached hydrogens (tertiary/aromatic N) is 1. The Labute approximate surface area is 129 Å². The molecule has 1 heterocycles. The van der Waals surface area contributed by atoms with Crippen molar-refractivity contribution in [3.05, 3.63) is 89.1 Å². The number of allylic oxidation sites excluding steroid dienone is 2. The summed E-state index contributed by atoms with van der Waals surface area (Å²) in [5.74, 6) is 0. The number of hydrogen-bond acceptors (Lipinski definition) is 1. The monoisotopic (exact) mass is 291 g/mol. The molecule has 0 radical (unpaired) electrons. The predicted octanol–water partition coefficient (Wildman–Crippen LogP) is 5.61. The van der Waals surface area contributed by atoms with Crippen molar-refractivity contribution in [2.24, 2.45) is 0 Å². The number of aromatic nitrogens is 1.